The monoisotopic (exact) mass is 362 g/mol. The second kappa shape index (κ2) is 6.18. The van der Waals surface area contributed by atoms with Gasteiger partial charge in [0.1, 0.15) is 6.04 Å². The van der Waals surface area contributed by atoms with Gasteiger partial charge in [0, 0.05) is 13.0 Å². The Morgan fingerprint density at radius 3 is 2.54 bits per heavy atom. The number of urea groups is 1. The van der Waals surface area contributed by atoms with Crippen molar-refractivity contribution in [1.29, 1.82) is 0 Å². The number of piperidine rings is 1. The highest BCUT2D eigenvalue weighted by Crippen LogP contribution is 2.32. The number of hydrogen-bond donors (Lipinski definition) is 3. The average Bonchev–Trinajstić information content (AvgIpc) is 3.28. The van der Waals surface area contributed by atoms with E-state index in [1.54, 1.807) is 0 Å². The molecule has 134 valence electrons. The standard InChI is InChI=1S/C12H18N4O7S/c17-10(5-7-1-2-7)13-14-11(18)9-4-3-8-6-15(9)12(19)16(8)23-24(20,21)22/h7-9H,1-6H2,(H,13,17)(H,14,18)(H,20,21,22)/t8?,9-/m0/s1. The van der Waals surface area contributed by atoms with E-state index >= 15 is 0 Å². The molecule has 12 heteroatoms. The summed E-state index contributed by atoms with van der Waals surface area (Å²) >= 11 is 0. The molecule has 24 heavy (non-hydrogen) atoms. The lowest BCUT2D eigenvalue weighted by atomic mass is 10.0. The van der Waals surface area contributed by atoms with Crippen LogP contribution in [0.4, 0.5) is 4.79 Å². The van der Waals surface area contributed by atoms with Gasteiger partial charge in [0.05, 0.1) is 6.04 Å². The predicted octanol–water partition coefficient (Wildman–Crippen LogP) is -1.06. The van der Waals surface area contributed by atoms with Crippen molar-refractivity contribution in [1.82, 2.24) is 20.8 Å². The molecule has 3 N–H and O–H groups in total. The van der Waals surface area contributed by atoms with Crippen LogP contribution in [0.15, 0.2) is 0 Å². The summed E-state index contributed by atoms with van der Waals surface area (Å²) in [5.74, 6) is -0.466. The van der Waals surface area contributed by atoms with Crippen molar-refractivity contribution in [2.45, 2.75) is 44.2 Å². The van der Waals surface area contributed by atoms with E-state index in [0.717, 1.165) is 17.7 Å². The summed E-state index contributed by atoms with van der Waals surface area (Å²) in [5, 5.41) is 0.564. The number of amides is 4. The van der Waals surface area contributed by atoms with Gasteiger partial charge in [-0.3, -0.25) is 25.0 Å². The third kappa shape index (κ3) is 3.76. The molecule has 3 rings (SSSR count). The molecule has 11 nitrogen and oxygen atoms in total. The quantitative estimate of drug-likeness (QED) is 0.417. The van der Waals surface area contributed by atoms with Gasteiger partial charge in [0.25, 0.3) is 5.91 Å². The highest BCUT2D eigenvalue weighted by atomic mass is 32.3. The Morgan fingerprint density at radius 2 is 1.92 bits per heavy atom. The van der Waals surface area contributed by atoms with E-state index in [4.69, 9.17) is 4.55 Å². The van der Waals surface area contributed by atoms with Crippen LogP contribution < -0.4 is 10.9 Å². The molecule has 0 aromatic rings. The second-order valence-electron chi connectivity index (χ2n) is 6.19. The van der Waals surface area contributed by atoms with E-state index in [1.807, 2.05) is 0 Å². The molecule has 2 atom stereocenters. The van der Waals surface area contributed by atoms with Crippen molar-refractivity contribution >= 4 is 28.2 Å². The number of hydroxylamine groups is 2. The van der Waals surface area contributed by atoms with Gasteiger partial charge in [-0.25, -0.2) is 4.79 Å². The van der Waals surface area contributed by atoms with Crippen LogP contribution in [0.2, 0.25) is 0 Å². The molecule has 1 aliphatic carbocycles. The van der Waals surface area contributed by atoms with Gasteiger partial charge in [-0.15, -0.1) is 4.28 Å². The SMILES string of the molecule is O=C(CC1CC1)NNC(=O)[C@@H]1CCC2CN1C(=O)N2OS(=O)(=O)O. The first-order chi connectivity index (χ1) is 11.2. The number of fused-ring (bicyclic) bond motifs is 2. The molecule has 3 aliphatic rings. The Hall–Kier alpha value is -1.92. The van der Waals surface area contributed by atoms with Crippen LogP contribution in [0.3, 0.4) is 0 Å². The number of rotatable bonds is 5. The van der Waals surface area contributed by atoms with E-state index in [9.17, 15) is 22.8 Å². The number of carbonyl (C=O) groups excluding carboxylic acids is 3. The first kappa shape index (κ1) is 16.9. The minimum Gasteiger partial charge on any atom is -0.309 e. The molecule has 2 bridgehead atoms. The minimum atomic E-state index is -4.82. The average molecular weight is 362 g/mol. The second-order valence-corrected chi connectivity index (χ2v) is 7.20. The van der Waals surface area contributed by atoms with E-state index in [0.29, 0.717) is 23.8 Å². The zero-order chi connectivity index (χ0) is 17.5. The molecule has 3 fully saturated rings. The Labute approximate surface area is 138 Å². The molecule has 0 radical (unpaired) electrons. The van der Waals surface area contributed by atoms with Gasteiger partial charge < -0.3 is 4.90 Å². The summed E-state index contributed by atoms with van der Waals surface area (Å²) in [6, 6.07) is -2.22. The number of carbonyl (C=O) groups is 3. The van der Waals surface area contributed by atoms with E-state index in [2.05, 4.69) is 15.1 Å². The maximum atomic E-state index is 12.2. The normalized spacial score (nSPS) is 26.5. The summed E-state index contributed by atoms with van der Waals surface area (Å²) in [4.78, 5) is 37.1. The maximum Gasteiger partial charge on any atom is 0.418 e. The molecule has 2 saturated heterocycles. The minimum absolute atomic E-state index is 0.0997. The molecular formula is C12H18N4O7S. The van der Waals surface area contributed by atoms with Gasteiger partial charge in [0.15, 0.2) is 0 Å². The Bertz CT molecular complexity index is 662. The highest BCUT2D eigenvalue weighted by molar-refractivity contribution is 7.80. The lowest BCUT2D eigenvalue weighted by molar-refractivity contribution is -0.132. The van der Waals surface area contributed by atoms with Crippen LogP contribution in [-0.4, -0.2) is 59.4 Å². The highest BCUT2D eigenvalue weighted by Gasteiger charge is 2.49. The summed E-state index contributed by atoms with van der Waals surface area (Å²) in [5.41, 5.74) is 4.61. The molecule has 0 aromatic heterocycles. The summed E-state index contributed by atoms with van der Waals surface area (Å²) in [6.07, 6.45) is 2.98. The van der Waals surface area contributed by atoms with Crippen molar-refractivity contribution in [3.05, 3.63) is 0 Å². The van der Waals surface area contributed by atoms with Crippen molar-refractivity contribution < 1.29 is 31.6 Å². The van der Waals surface area contributed by atoms with Gasteiger partial charge in [-0.05, 0) is 31.6 Å². The fourth-order valence-electron chi connectivity index (χ4n) is 2.95. The number of nitrogens with one attached hydrogen (secondary N) is 2. The van der Waals surface area contributed by atoms with Crippen LogP contribution in [0.1, 0.15) is 32.1 Å². The lowest BCUT2D eigenvalue weighted by Gasteiger charge is -2.29. The predicted molar refractivity (Wildman–Crippen MR) is 77.0 cm³/mol. The van der Waals surface area contributed by atoms with Crippen LogP contribution >= 0.6 is 0 Å². The Kier molecular flexibility index (Phi) is 4.36. The van der Waals surface area contributed by atoms with Crippen molar-refractivity contribution in [3.63, 3.8) is 0 Å². The smallest absolute Gasteiger partial charge is 0.309 e. The zero-order valence-corrected chi connectivity index (χ0v) is 13.5. The van der Waals surface area contributed by atoms with Gasteiger partial charge in [-0.1, -0.05) is 0 Å². The number of hydrogen-bond acceptors (Lipinski definition) is 6. The summed E-state index contributed by atoms with van der Waals surface area (Å²) in [6.45, 7) is 0.0997. The van der Waals surface area contributed by atoms with Gasteiger partial charge in [-0.2, -0.15) is 13.5 Å². The van der Waals surface area contributed by atoms with E-state index in [1.165, 1.54) is 0 Å². The Balaban J connectivity index is 1.56. The van der Waals surface area contributed by atoms with Crippen molar-refractivity contribution in [2.75, 3.05) is 6.54 Å². The van der Waals surface area contributed by atoms with Gasteiger partial charge in [0.2, 0.25) is 5.91 Å². The molecule has 1 saturated carbocycles. The fraction of sp³-hybridized carbons (Fsp3) is 0.750. The third-order valence-corrected chi connectivity index (χ3v) is 4.65. The lowest BCUT2D eigenvalue weighted by Crippen LogP contribution is -2.54. The maximum absolute atomic E-state index is 12.2. The third-order valence-electron chi connectivity index (χ3n) is 4.30. The molecular weight excluding hydrogens is 344 g/mol. The first-order valence-electron chi connectivity index (χ1n) is 7.60. The van der Waals surface area contributed by atoms with Gasteiger partial charge >= 0.3 is 16.4 Å². The summed E-state index contributed by atoms with van der Waals surface area (Å²) in [7, 11) is -4.82. The van der Waals surface area contributed by atoms with E-state index < -0.39 is 34.4 Å². The van der Waals surface area contributed by atoms with Crippen LogP contribution in [0, 0.1) is 5.92 Å². The molecule has 1 unspecified atom stereocenters. The van der Waals surface area contributed by atoms with Crippen molar-refractivity contribution in [3.8, 4) is 0 Å². The Morgan fingerprint density at radius 1 is 1.21 bits per heavy atom. The number of hydrazine groups is 1. The van der Waals surface area contributed by atoms with Crippen LogP contribution in [0.5, 0.6) is 0 Å². The van der Waals surface area contributed by atoms with Crippen molar-refractivity contribution in [2.24, 2.45) is 5.92 Å². The first-order valence-corrected chi connectivity index (χ1v) is 8.96. The molecule has 2 heterocycles. The largest absolute Gasteiger partial charge is 0.418 e. The molecule has 0 spiro atoms. The molecule has 2 aliphatic heterocycles. The topological polar surface area (TPSA) is 145 Å². The van der Waals surface area contributed by atoms with Crippen LogP contribution in [-0.2, 0) is 24.3 Å². The molecule has 0 aromatic carbocycles. The number of nitrogens with zero attached hydrogens (tertiary/aromatic N) is 2. The fourth-order valence-corrected chi connectivity index (χ4v) is 3.34. The summed E-state index contributed by atoms with van der Waals surface area (Å²) < 4.78 is 34.6. The molecule has 4 amide bonds. The zero-order valence-electron chi connectivity index (χ0n) is 12.7. The van der Waals surface area contributed by atoms with E-state index in [-0.39, 0.29) is 18.9 Å². The van der Waals surface area contributed by atoms with Crippen LogP contribution in [0.25, 0.3) is 0 Å².